The van der Waals surface area contributed by atoms with E-state index in [2.05, 4.69) is 32.0 Å². The molecule has 1 aliphatic heterocycles. The van der Waals surface area contributed by atoms with Crippen LogP contribution in [0.2, 0.25) is 0 Å². The lowest BCUT2D eigenvalue weighted by molar-refractivity contribution is -0.0366. The molecule has 10 heteroatoms. The molecule has 1 saturated heterocycles. The minimum Gasteiger partial charge on any atom is -0.444 e. The molecule has 4 rings (SSSR count). The van der Waals surface area contributed by atoms with Crippen molar-refractivity contribution in [2.45, 2.75) is 51.9 Å². The maximum absolute atomic E-state index is 11.9. The fourth-order valence-corrected chi connectivity index (χ4v) is 3.58. The average molecular weight is 428 g/mol. The molecule has 1 atom stereocenters. The molecule has 0 radical (unpaired) electrons. The molecule has 2 aromatic heterocycles. The standard InChI is InChI=1S/C21H29N7O3/c1-21(2,3)31-20(29)23-8-7-22-17-10-15(27-13-24-25-14-27)11-18-16(17)12-26-28(18)19-6-4-5-9-30-19/h10-14,19,22H,4-9H2,1-3H3,(H,23,29). The predicted octanol–water partition coefficient (Wildman–Crippen LogP) is 3.25. The van der Waals surface area contributed by atoms with Crippen LogP contribution in [0.1, 0.15) is 46.3 Å². The Bertz CT molecular complexity index is 1020. The van der Waals surface area contributed by atoms with Crippen LogP contribution >= 0.6 is 0 Å². The quantitative estimate of drug-likeness (QED) is 0.581. The van der Waals surface area contributed by atoms with Crippen LogP contribution in [0.25, 0.3) is 16.6 Å². The summed E-state index contributed by atoms with van der Waals surface area (Å²) in [5.41, 5.74) is 2.28. The minimum atomic E-state index is -0.521. The largest absolute Gasteiger partial charge is 0.444 e. The van der Waals surface area contributed by atoms with Crippen molar-refractivity contribution in [1.29, 1.82) is 0 Å². The van der Waals surface area contributed by atoms with Gasteiger partial charge in [-0.3, -0.25) is 4.57 Å². The Morgan fingerprint density at radius 1 is 1.23 bits per heavy atom. The molecule has 0 aliphatic carbocycles. The van der Waals surface area contributed by atoms with Crippen molar-refractivity contribution in [2.24, 2.45) is 0 Å². The van der Waals surface area contributed by atoms with E-state index < -0.39 is 11.7 Å². The Kier molecular flexibility index (Phi) is 6.08. The van der Waals surface area contributed by atoms with E-state index in [0.29, 0.717) is 13.1 Å². The highest BCUT2D eigenvalue weighted by Gasteiger charge is 2.20. The Hall–Kier alpha value is -3.14. The molecule has 10 nitrogen and oxygen atoms in total. The highest BCUT2D eigenvalue weighted by atomic mass is 16.6. The molecule has 1 aromatic carbocycles. The van der Waals surface area contributed by atoms with E-state index in [1.165, 1.54) is 0 Å². The number of benzene rings is 1. The summed E-state index contributed by atoms with van der Waals surface area (Å²) >= 11 is 0. The van der Waals surface area contributed by atoms with Gasteiger partial charge in [0.25, 0.3) is 0 Å². The van der Waals surface area contributed by atoms with Gasteiger partial charge in [-0.1, -0.05) is 0 Å². The van der Waals surface area contributed by atoms with E-state index in [0.717, 1.165) is 48.1 Å². The summed E-state index contributed by atoms with van der Waals surface area (Å²) in [5.74, 6) is 0. The summed E-state index contributed by atoms with van der Waals surface area (Å²) in [6, 6.07) is 4.08. The predicted molar refractivity (Wildman–Crippen MR) is 116 cm³/mol. The molecular weight excluding hydrogens is 398 g/mol. The fraction of sp³-hybridized carbons (Fsp3) is 0.524. The number of nitrogens with zero attached hydrogens (tertiary/aromatic N) is 5. The van der Waals surface area contributed by atoms with E-state index in [9.17, 15) is 4.79 Å². The molecule has 0 bridgehead atoms. The van der Waals surface area contributed by atoms with Gasteiger partial charge < -0.3 is 20.1 Å². The van der Waals surface area contributed by atoms with Crippen molar-refractivity contribution in [2.75, 3.05) is 25.0 Å². The van der Waals surface area contributed by atoms with Crippen LogP contribution in [-0.2, 0) is 9.47 Å². The van der Waals surface area contributed by atoms with Gasteiger partial charge in [-0.2, -0.15) is 5.10 Å². The average Bonchev–Trinajstić information content (AvgIpc) is 3.40. The zero-order valence-corrected chi connectivity index (χ0v) is 18.2. The third-order valence-corrected chi connectivity index (χ3v) is 4.95. The number of anilines is 1. The smallest absolute Gasteiger partial charge is 0.407 e. The molecule has 166 valence electrons. The van der Waals surface area contributed by atoms with E-state index in [4.69, 9.17) is 9.47 Å². The monoisotopic (exact) mass is 427 g/mol. The number of fused-ring (bicyclic) bond motifs is 1. The third kappa shape index (κ3) is 5.13. The number of rotatable bonds is 6. The Morgan fingerprint density at radius 2 is 2.03 bits per heavy atom. The van der Waals surface area contributed by atoms with E-state index in [1.807, 2.05) is 42.3 Å². The van der Waals surface area contributed by atoms with Crippen LogP contribution in [0.4, 0.5) is 10.5 Å². The first-order valence-electron chi connectivity index (χ1n) is 10.6. The van der Waals surface area contributed by atoms with E-state index in [-0.39, 0.29) is 6.23 Å². The lowest BCUT2D eigenvalue weighted by Gasteiger charge is -2.23. The van der Waals surface area contributed by atoms with E-state index in [1.54, 1.807) is 12.7 Å². The molecule has 0 saturated carbocycles. The first kappa shape index (κ1) is 21.1. The molecule has 1 amide bonds. The summed E-state index contributed by atoms with van der Waals surface area (Å²) in [5, 5.41) is 19.6. The number of hydrogen-bond donors (Lipinski definition) is 2. The molecule has 1 unspecified atom stereocenters. The SMILES string of the molecule is CC(C)(C)OC(=O)NCCNc1cc(-n2cnnc2)cc2c1cnn2C1CCCCO1. The van der Waals surface area contributed by atoms with Crippen LogP contribution in [0.3, 0.4) is 0 Å². The molecule has 0 spiro atoms. The van der Waals surface area contributed by atoms with Gasteiger partial charge >= 0.3 is 6.09 Å². The molecule has 3 heterocycles. The number of hydrogen-bond acceptors (Lipinski definition) is 7. The molecule has 1 fully saturated rings. The maximum Gasteiger partial charge on any atom is 0.407 e. The first-order valence-corrected chi connectivity index (χ1v) is 10.6. The second kappa shape index (κ2) is 8.93. The summed E-state index contributed by atoms with van der Waals surface area (Å²) in [7, 11) is 0. The summed E-state index contributed by atoms with van der Waals surface area (Å²) in [6.07, 6.45) is 7.82. The first-order chi connectivity index (χ1) is 14.9. The van der Waals surface area contributed by atoms with Crippen molar-refractivity contribution in [3.8, 4) is 5.69 Å². The van der Waals surface area contributed by atoms with Crippen molar-refractivity contribution < 1.29 is 14.3 Å². The number of carbonyl (C=O) groups is 1. The normalized spacial score (nSPS) is 16.9. The molecule has 2 N–H and O–H groups in total. The second-order valence-electron chi connectivity index (χ2n) is 8.56. The van der Waals surface area contributed by atoms with Gasteiger partial charge in [-0.05, 0) is 52.2 Å². The lowest BCUT2D eigenvalue weighted by Crippen LogP contribution is -2.35. The Labute approximate surface area is 180 Å². The van der Waals surface area contributed by atoms with Crippen LogP contribution in [0, 0.1) is 0 Å². The van der Waals surface area contributed by atoms with Gasteiger partial charge in [0, 0.05) is 30.8 Å². The molecular formula is C21H29N7O3. The van der Waals surface area contributed by atoms with Crippen LogP contribution in [-0.4, -0.2) is 55.9 Å². The fourth-order valence-electron chi connectivity index (χ4n) is 3.58. The highest BCUT2D eigenvalue weighted by Crippen LogP contribution is 2.31. The van der Waals surface area contributed by atoms with E-state index >= 15 is 0 Å². The van der Waals surface area contributed by atoms with Gasteiger partial charge in [0.15, 0.2) is 6.23 Å². The zero-order chi connectivity index (χ0) is 21.8. The Balaban J connectivity index is 1.54. The van der Waals surface area contributed by atoms with Gasteiger partial charge in [0.1, 0.15) is 18.3 Å². The summed E-state index contributed by atoms with van der Waals surface area (Å²) < 4.78 is 15.0. The van der Waals surface area contributed by atoms with Gasteiger partial charge in [-0.15, -0.1) is 10.2 Å². The number of nitrogens with one attached hydrogen (secondary N) is 2. The third-order valence-electron chi connectivity index (χ3n) is 4.95. The number of alkyl carbamates (subject to hydrolysis) is 1. The number of carbonyl (C=O) groups excluding carboxylic acids is 1. The zero-order valence-electron chi connectivity index (χ0n) is 18.2. The van der Waals surface area contributed by atoms with Crippen LogP contribution in [0.5, 0.6) is 0 Å². The minimum absolute atomic E-state index is 0.0657. The highest BCUT2D eigenvalue weighted by molar-refractivity contribution is 5.93. The number of ether oxygens (including phenoxy) is 2. The summed E-state index contributed by atoms with van der Waals surface area (Å²) in [4.78, 5) is 11.9. The lowest BCUT2D eigenvalue weighted by atomic mass is 10.1. The van der Waals surface area contributed by atoms with Gasteiger partial charge in [0.05, 0.1) is 17.4 Å². The Morgan fingerprint density at radius 3 is 2.74 bits per heavy atom. The van der Waals surface area contributed by atoms with Gasteiger partial charge in [0.2, 0.25) is 0 Å². The summed E-state index contributed by atoms with van der Waals surface area (Å²) in [6.45, 7) is 7.22. The second-order valence-corrected chi connectivity index (χ2v) is 8.56. The molecule has 31 heavy (non-hydrogen) atoms. The van der Waals surface area contributed by atoms with Crippen LogP contribution < -0.4 is 10.6 Å². The van der Waals surface area contributed by atoms with Crippen molar-refractivity contribution in [3.05, 3.63) is 31.0 Å². The van der Waals surface area contributed by atoms with Crippen molar-refractivity contribution in [1.82, 2.24) is 29.9 Å². The van der Waals surface area contributed by atoms with Crippen LogP contribution in [0.15, 0.2) is 31.0 Å². The molecule has 1 aliphatic rings. The van der Waals surface area contributed by atoms with Gasteiger partial charge in [-0.25, -0.2) is 9.48 Å². The van der Waals surface area contributed by atoms with Crippen molar-refractivity contribution >= 4 is 22.7 Å². The molecule has 3 aromatic rings. The maximum atomic E-state index is 11.9. The topological polar surface area (TPSA) is 108 Å². The number of aromatic nitrogens is 5. The number of amides is 1. The van der Waals surface area contributed by atoms with Crippen molar-refractivity contribution in [3.63, 3.8) is 0 Å².